The minimum absolute atomic E-state index is 0.000563. The van der Waals surface area contributed by atoms with Crippen LogP contribution >= 0.6 is 0 Å². The maximum Gasteiger partial charge on any atom is 0.270 e. The van der Waals surface area contributed by atoms with Crippen LogP contribution in [0.25, 0.3) is 0 Å². The summed E-state index contributed by atoms with van der Waals surface area (Å²) in [6.45, 7) is 0. The molecule has 2 rings (SSSR count). The van der Waals surface area contributed by atoms with Crippen molar-refractivity contribution in [3.8, 4) is 6.07 Å². The zero-order chi connectivity index (χ0) is 11.5. The zero-order valence-corrected chi connectivity index (χ0v) is 8.16. The Morgan fingerprint density at radius 2 is 2.44 bits per heavy atom. The fraction of sp³-hybridized carbons (Fsp3) is 0.200. The van der Waals surface area contributed by atoms with Gasteiger partial charge in [0.2, 0.25) is 6.10 Å². The zero-order valence-electron chi connectivity index (χ0n) is 8.16. The van der Waals surface area contributed by atoms with Crippen LogP contribution in [0.1, 0.15) is 12.0 Å². The van der Waals surface area contributed by atoms with Crippen LogP contribution in [0.3, 0.4) is 0 Å². The first-order valence-corrected chi connectivity index (χ1v) is 4.58. The number of oxime groups is 1. The summed E-state index contributed by atoms with van der Waals surface area (Å²) in [6, 6.07) is 8.04. The van der Waals surface area contributed by atoms with E-state index >= 15 is 0 Å². The second kappa shape index (κ2) is 3.98. The molecule has 1 aromatic rings. The summed E-state index contributed by atoms with van der Waals surface area (Å²) in [5.74, 6) is 0. The topological polar surface area (TPSA) is 88.5 Å². The van der Waals surface area contributed by atoms with E-state index in [1.165, 1.54) is 12.1 Å². The normalized spacial score (nSPS) is 18.4. The second-order valence-electron chi connectivity index (χ2n) is 3.27. The van der Waals surface area contributed by atoms with Gasteiger partial charge in [-0.25, -0.2) is 0 Å². The van der Waals surface area contributed by atoms with Crippen LogP contribution in [0.4, 0.5) is 5.69 Å². The van der Waals surface area contributed by atoms with Gasteiger partial charge in [0.05, 0.1) is 10.6 Å². The average Bonchev–Trinajstić information content (AvgIpc) is 2.77. The van der Waals surface area contributed by atoms with E-state index in [9.17, 15) is 10.1 Å². The smallest absolute Gasteiger partial charge is 0.270 e. The van der Waals surface area contributed by atoms with Crippen molar-refractivity contribution in [2.24, 2.45) is 5.16 Å². The molecule has 1 aliphatic rings. The van der Waals surface area contributed by atoms with E-state index in [-0.39, 0.29) is 5.69 Å². The lowest BCUT2D eigenvalue weighted by Gasteiger charge is -1.97. The summed E-state index contributed by atoms with van der Waals surface area (Å²) in [5.41, 5.74) is 1.18. The molecule has 0 amide bonds. The lowest BCUT2D eigenvalue weighted by Crippen LogP contribution is -2.05. The molecular weight excluding hydrogens is 210 g/mol. The first-order valence-electron chi connectivity index (χ1n) is 4.58. The van der Waals surface area contributed by atoms with Crippen molar-refractivity contribution in [3.05, 3.63) is 39.9 Å². The highest BCUT2D eigenvalue weighted by Crippen LogP contribution is 2.19. The van der Waals surface area contributed by atoms with E-state index in [4.69, 9.17) is 10.1 Å². The molecule has 6 heteroatoms. The first-order chi connectivity index (χ1) is 7.70. The monoisotopic (exact) mass is 217 g/mol. The molecule has 1 aromatic carbocycles. The molecule has 6 nitrogen and oxygen atoms in total. The van der Waals surface area contributed by atoms with Crippen molar-refractivity contribution in [1.82, 2.24) is 0 Å². The number of hydrogen-bond donors (Lipinski definition) is 0. The number of nitriles is 1. The van der Waals surface area contributed by atoms with Gasteiger partial charge in [-0.1, -0.05) is 17.3 Å². The molecule has 0 bridgehead atoms. The number of benzene rings is 1. The molecule has 0 fully saturated rings. The highest BCUT2D eigenvalue weighted by atomic mass is 16.6. The minimum Gasteiger partial charge on any atom is -0.376 e. The fourth-order valence-corrected chi connectivity index (χ4v) is 1.42. The van der Waals surface area contributed by atoms with Gasteiger partial charge in [0.1, 0.15) is 6.07 Å². The SMILES string of the molecule is N#C[C@H]1CC(c2cccc([N+](=O)[O-])c2)=NO1. The number of nitro groups is 1. The Morgan fingerprint density at radius 1 is 1.62 bits per heavy atom. The van der Waals surface area contributed by atoms with Crippen LogP contribution in [0, 0.1) is 21.4 Å². The maximum absolute atomic E-state index is 10.6. The molecule has 0 saturated carbocycles. The molecule has 0 N–H and O–H groups in total. The van der Waals surface area contributed by atoms with Crippen LogP contribution in [0.15, 0.2) is 29.4 Å². The van der Waals surface area contributed by atoms with Gasteiger partial charge in [-0.3, -0.25) is 10.1 Å². The van der Waals surface area contributed by atoms with Gasteiger partial charge in [-0.15, -0.1) is 0 Å². The summed E-state index contributed by atoms with van der Waals surface area (Å²) < 4.78 is 0. The number of nitrogens with zero attached hydrogens (tertiary/aromatic N) is 3. The van der Waals surface area contributed by atoms with Crippen molar-refractivity contribution in [2.45, 2.75) is 12.5 Å². The molecule has 0 aromatic heterocycles. The van der Waals surface area contributed by atoms with Crippen LogP contribution in [-0.4, -0.2) is 16.7 Å². The third-order valence-electron chi connectivity index (χ3n) is 2.20. The van der Waals surface area contributed by atoms with Gasteiger partial charge in [0.15, 0.2) is 0 Å². The Balaban J connectivity index is 2.26. The molecule has 1 aliphatic heterocycles. The third kappa shape index (κ3) is 1.83. The van der Waals surface area contributed by atoms with Crippen molar-refractivity contribution < 1.29 is 9.76 Å². The Kier molecular flexibility index (Phi) is 2.52. The van der Waals surface area contributed by atoms with E-state index in [1.54, 1.807) is 12.1 Å². The molecular formula is C10H7N3O3. The largest absolute Gasteiger partial charge is 0.376 e. The molecule has 0 radical (unpaired) electrons. The highest BCUT2D eigenvalue weighted by Gasteiger charge is 2.22. The van der Waals surface area contributed by atoms with Gasteiger partial charge in [-0.2, -0.15) is 5.26 Å². The number of rotatable bonds is 2. The van der Waals surface area contributed by atoms with Crippen LogP contribution in [0.5, 0.6) is 0 Å². The molecule has 0 spiro atoms. The lowest BCUT2D eigenvalue weighted by molar-refractivity contribution is -0.384. The molecule has 1 atom stereocenters. The Labute approximate surface area is 90.9 Å². The number of non-ortho nitro benzene ring substituents is 1. The summed E-state index contributed by atoms with van der Waals surface area (Å²) in [6.07, 6.45) is -0.230. The van der Waals surface area contributed by atoms with Gasteiger partial charge in [-0.05, 0) is 0 Å². The van der Waals surface area contributed by atoms with Crippen LogP contribution in [-0.2, 0) is 4.84 Å². The van der Waals surface area contributed by atoms with Crippen LogP contribution in [0.2, 0.25) is 0 Å². The first kappa shape index (κ1) is 10.1. The van der Waals surface area contributed by atoms with E-state index in [0.717, 1.165) is 0 Å². The molecule has 16 heavy (non-hydrogen) atoms. The predicted molar refractivity (Wildman–Crippen MR) is 54.7 cm³/mol. The van der Waals surface area contributed by atoms with Gasteiger partial charge in [0.25, 0.3) is 5.69 Å². The lowest BCUT2D eigenvalue weighted by atomic mass is 10.1. The van der Waals surface area contributed by atoms with Crippen LogP contribution < -0.4 is 0 Å². The molecule has 80 valence electrons. The quantitative estimate of drug-likeness (QED) is 0.556. The summed E-state index contributed by atoms with van der Waals surface area (Å²) in [4.78, 5) is 14.9. The van der Waals surface area contributed by atoms with Crippen molar-refractivity contribution in [2.75, 3.05) is 0 Å². The number of hydrogen-bond acceptors (Lipinski definition) is 5. The third-order valence-corrected chi connectivity index (χ3v) is 2.20. The Morgan fingerprint density at radius 3 is 3.06 bits per heavy atom. The molecule has 0 aliphatic carbocycles. The van der Waals surface area contributed by atoms with Gasteiger partial charge in [0, 0.05) is 24.1 Å². The van der Waals surface area contributed by atoms with Gasteiger partial charge >= 0.3 is 0 Å². The summed E-state index contributed by atoms with van der Waals surface area (Å²) >= 11 is 0. The molecule has 0 unspecified atom stereocenters. The Bertz CT molecular complexity index is 504. The second-order valence-corrected chi connectivity index (χ2v) is 3.27. The number of nitro benzene ring substituents is 1. The van der Waals surface area contributed by atoms with E-state index in [2.05, 4.69) is 5.16 Å². The molecule has 0 saturated heterocycles. The minimum atomic E-state index is -0.589. The predicted octanol–water partition coefficient (Wildman–Crippen LogP) is 1.61. The van der Waals surface area contributed by atoms with E-state index in [0.29, 0.717) is 17.7 Å². The standard InChI is InChI=1S/C10H7N3O3/c11-6-9-5-10(12-16-9)7-2-1-3-8(4-7)13(14)15/h1-4,9H,5H2/t9-/m1/s1. The summed E-state index contributed by atoms with van der Waals surface area (Å²) in [7, 11) is 0. The summed E-state index contributed by atoms with van der Waals surface area (Å²) in [5, 5.41) is 22.9. The van der Waals surface area contributed by atoms with Crippen molar-refractivity contribution >= 4 is 11.4 Å². The fourth-order valence-electron chi connectivity index (χ4n) is 1.42. The average molecular weight is 217 g/mol. The van der Waals surface area contributed by atoms with Crippen molar-refractivity contribution in [3.63, 3.8) is 0 Å². The Hall–Kier alpha value is -2.42. The van der Waals surface area contributed by atoms with E-state index < -0.39 is 11.0 Å². The molecule has 1 heterocycles. The van der Waals surface area contributed by atoms with Gasteiger partial charge < -0.3 is 4.84 Å². The highest BCUT2D eigenvalue weighted by molar-refractivity contribution is 6.01. The van der Waals surface area contributed by atoms with Crippen molar-refractivity contribution in [1.29, 1.82) is 5.26 Å². The van der Waals surface area contributed by atoms with E-state index in [1.807, 2.05) is 6.07 Å². The maximum atomic E-state index is 10.6.